The molecule has 0 saturated heterocycles. The van der Waals surface area contributed by atoms with E-state index in [2.05, 4.69) is 170 Å². The van der Waals surface area contributed by atoms with Crippen LogP contribution in [0.15, 0.2) is 170 Å². The van der Waals surface area contributed by atoms with Crippen molar-refractivity contribution in [3.05, 3.63) is 170 Å². The predicted molar refractivity (Wildman–Crippen MR) is 199 cm³/mol. The largest absolute Gasteiger partial charge is 0.0616 e. The maximum absolute atomic E-state index is 2.38. The van der Waals surface area contributed by atoms with Crippen LogP contribution in [0.2, 0.25) is 0 Å². The first-order valence-electron chi connectivity index (χ1n) is 16.0. The van der Waals surface area contributed by atoms with Crippen LogP contribution in [0.3, 0.4) is 0 Å². The molecule has 0 N–H and O–H groups in total. The highest BCUT2D eigenvalue weighted by atomic mass is 14.3. The van der Waals surface area contributed by atoms with Crippen molar-refractivity contribution >= 4 is 64.6 Å². The molecule has 0 radical (unpaired) electrons. The van der Waals surface area contributed by atoms with Crippen LogP contribution in [0.5, 0.6) is 0 Å². The first-order chi connectivity index (χ1) is 22.8. The van der Waals surface area contributed by atoms with Crippen LogP contribution in [0, 0.1) is 0 Å². The van der Waals surface area contributed by atoms with E-state index in [1.54, 1.807) is 0 Å². The Morgan fingerprint density at radius 2 is 0.543 bits per heavy atom. The third-order valence-corrected chi connectivity index (χ3v) is 9.99. The minimum absolute atomic E-state index is 1.25. The molecule has 0 aliphatic carbocycles. The van der Waals surface area contributed by atoms with E-state index in [9.17, 15) is 0 Å². The highest BCUT2D eigenvalue weighted by Crippen LogP contribution is 2.53. The number of rotatable bonds is 3. The van der Waals surface area contributed by atoms with Crippen molar-refractivity contribution in [3.8, 4) is 33.4 Å². The number of fused-ring (bicyclic) bond motifs is 3. The van der Waals surface area contributed by atoms with Gasteiger partial charge in [0.05, 0.1) is 0 Å². The van der Waals surface area contributed by atoms with Gasteiger partial charge in [0, 0.05) is 0 Å². The fraction of sp³-hybridized carbons (Fsp3) is 0. The summed E-state index contributed by atoms with van der Waals surface area (Å²) in [5, 5.41) is 15.4. The lowest BCUT2D eigenvalue weighted by atomic mass is 9.77. The predicted octanol–water partition coefficient (Wildman–Crippen LogP) is 13.0. The molecule has 0 fully saturated rings. The normalized spacial score (nSPS) is 11.9. The van der Waals surface area contributed by atoms with Gasteiger partial charge in [-0.1, -0.05) is 170 Å². The Morgan fingerprint density at radius 3 is 1.00 bits per heavy atom. The molecule has 10 rings (SSSR count). The fourth-order valence-corrected chi connectivity index (χ4v) is 8.05. The first-order valence-corrected chi connectivity index (χ1v) is 16.0. The van der Waals surface area contributed by atoms with Crippen LogP contribution in [-0.4, -0.2) is 0 Å². The van der Waals surface area contributed by atoms with E-state index in [1.807, 2.05) is 0 Å². The van der Waals surface area contributed by atoms with Crippen molar-refractivity contribution in [1.29, 1.82) is 0 Å². The summed E-state index contributed by atoms with van der Waals surface area (Å²) in [6.45, 7) is 0. The van der Waals surface area contributed by atoms with Crippen LogP contribution >= 0.6 is 0 Å². The lowest BCUT2D eigenvalue weighted by Crippen LogP contribution is -1.98. The lowest BCUT2D eigenvalue weighted by Gasteiger charge is -2.25. The minimum Gasteiger partial charge on any atom is -0.0616 e. The van der Waals surface area contributed by atoms with Gasteiger partial charge < -0.3 is 0 Å². The highest BCUT2D eigenvalue weighted by Gasteiger charge is 2.25. The molecule has 0 unspecified atom stereocenters. The lowest BCUT2D eigenvalue weighted by molar-refractivity contribution is 1.64. The van der Waals surface area contributed by atoms with Gasteiger partial charge in [-0.25, -0.2) is 0 Å². The van der Waals surface area contributed by atoms with Crippen molar-refractivity contribution < 1.29 is 0 Å². The molecule has 212 valence electrons. The SMILES string of the molecule is c1ccc2c(-c3c(-c4cccc5ccccc45)c4ccc5cccc6ccc(c3-c3cccc7ccccc37)c4c56)cccc2c1. The molecule has 0 aliphatic rings. The molecule has 0 heterocycles. The van der Waals surface area contributed by atoms with Crippen LogP contribution in [0.1, 0.15) is 0 Å². The van der Waals surface area contributed by atoms with Gasteiger partial charge in [-0.05, 0) is 98.0 Å². The molecule has 0 nitrogen and oxygen atoms in total. The molecule has 10 aromatic carbocycles. The molecule has 46 heavy (non-hydrogen) atoms. The van der Waals surface area contributed by atoms with Crippen LogP contribution in [-0.2, 0) is 0 Å². The zero-order valence-corrected chi connectivity index (χ0v) is 25.2. The molecular formula is C46H28. The number of hydrogen-bond donors (Lipinski definition) is 0. The topological polar surface area (TPSA) is 0 Å². The van der Waals surface area contributed by atoms with E-state index in [0.29, 0.717) is 0 Å². The summed E-state index contributed by atoms with van der Waals surface area (Å²) in [5.41, 5.74) is 7.66. The third kappa shape index (κ3) is 3.56. The molecular weight excluding hydrogens is 553 g/mol. The maximum Gasteiger partial charge on any atom is -0.000763 e. The molecule has 0 bridgehead atoms. The van der Waals surface area contributed by atoms with E-state index in [1.165, 1.54) is 98.0 Å². The van der Waals surface area contributed by atoms with E-state index >= 15 is 0 Å². The van der Waals surface area contributed by atoms with E-state index in [4.69, 9.17) is 0 Å². The van der Waals surface area contributed by atoms with Gasteiger partial charge >= 0.3 is 0 Å². The van der Waals surface area contributed by atoms with Gasteiger partial charge in [-0.2, -0.15) is 0 Å². The fourth-order valence-electron chi connectivity index (χ4n) is 8.05. The van der Waals surface area contributed by atoms with Crippen LogP contribution in [0.25, 0.3) is 98.0 Å². The second-order valence-corrected chi connectivity index (χ2v) is 12.4. The molecule has 0 aliphatic heterocycles. The van der Waals surface area contributed by atoms with Gasteiger partial charge in [0.1, 0.15) is 0 Å². The molecule has 0 atom stereocenters. The average Bonchev–Trinajstić information content (AvgIpc) is 3.13. The molecule has 10 aromatic rings. The van der Waals surface area contributed by atoms with E-state index in [-0.39, 0.29) is 0 Å². The molecule has 0 saturated carbocycles. The van der Waals surface area contributed by atoms with E-state index in [0.717, 1.165) is 0 Å². The Balaban J connectivity index is 1.54. The second-order valence-electron chi connectivity index (χ2n) is 12.4. The van der Waals surface area contributed by atoms with Crippen molar-refractivity contribution in [2.24, 2.45) is 0 Å². The highest BCUT2D eigenvalue weighted by molar-refractivity contribution is 6.33. The van der Waals surface area contributed by atoms with Gasteiger partial charge in [0.2, 0.25) is 0 Å². The van der Waals surface area contributed by atoms with Crippen LogP contribution in [0.4, 0.5) is 0 Å². The van der Waals surface area contributed by atoms with Crippen molar-refractivity contribution in [3.63, 3.8) is 0 Å². The molecule has 0 aromatic heterocycles. The zero-order valence-electron chi connectivity index (χ0n) is 25.2. The Hall–Kier alpha value is -5.98. The quantitative estimate of drug-likeness (QED) is 0.182. The average molecular weight is 581 g/mol. The molecule has 0 spiro atoms. The second kappa shape index (κ2) is 9.76. The summed E-state index contributed by atoms with van der Waals surface area (Å²) in [6.07, 6.45) is 0. The van der Waals surface area contributed by atoms with Gasteiger partial charge in [-0.3, -0.25) is 0 Å². The Morgan fingerprint density at radius 1 is 0.196 bits per heavy atom. The summed E-state index contributed by atoms with van der Waals surface area (Å²) >= 11 is 0. The smallest absolute Gasteiger partial charge is 0.000763 e. The first kappa shape index (κ1) is 25.4. The number of benzene rings is 10. The number of hydrogen-bond acceptors (Lipinski definition) is 0. The molecule has 0 heteroatoms. The van der Waals surface area contributed by atoms with Gasteiger partial charge in [0.25, 0.3) is 0 Å². The standard InChI is InChI=1S/C46H28/c1-4-19-34-29(11-1)14-8-22-37(34)43-40-27-25-32-17-7-18-33-26-28-41(45(40)42(32)33)44(38-23-9-15-30-12-2-5-20-35(30)38)46(43)39-24-10-16-31-13-3-6-21-36(31)39/h1-28H. The monoisotopic (exact) mass is 580 g/mol. The van der Waals surface area contributed by atoms with Crippen molar-refractivity contribution in [2.75, 3.05) is 0 Å². The zero-order chi connectivity index (χ0) is 30.2. The van der Waals surface area contributed by atoms with Crippen LogP contribution < -0.4 is 0 Å². The molecule has 0 amide bonds. The summed E-state index contributed by atoms with van der Waals surface area (Å²) in [6, 6.07) is 63.0. The van der Waals surface area contributed by atoms with Gasteiger partial charge in [-0.15, -0.1) is 0 Å². The minimum atomic E-state index is 1.25. The Bertz CT molecular complexity index is 2640. The Kier molecular flexibility index (Phi) is 5.38. The van der Waals surface area contributed by atoms with Crippen molar-refractivity contribution in [2.45, 2.75) is 0 Å². The summed E-state index contributed by atoms with van der Waals surface area (Å²) in [4.78, 5) is 0. The maximum atomic E-state index is 2.38. The summed E-state index contributed by atoms with van der Waals surface area (Å²) in [7, 11) is 0. The third-order valence-electron chi connectivity index (χ3n) is 9.99. The van der Waals surface area contributed by atoms with E-state index < -0.39 is 0 Å². The summed E-state index contributed by atoms with van der Waals surface area (Å²) < 4.78 is 0. The van der Waals surface area contributed by atoms with Gasteiger partial charge in [0.15, 0.2) is 0 Å². The Labute approximate surface area is 267 Å². The summed E-state index contributed by atoms with van der Waals surface area (Å²) in [5.74, 6) is 0. The van der Waals surface area contributed by atoms with Crippen molar-refractivity contribution in [1.82, 2.24) is 0 Å².